The zero-order chi connectivity index (χ0) is 14.7. The van der Waals surface area contributed by atoms with Crippen molar-refractivity contribution in [3.05, 3.63) is 33.8 Å². The van der Waals surface area contributed by atoms with E-state index in [2.05, 4.69) is 51.3 Å². The second kappa shape index (κ2) is 10.2. The van der Waals surface area contributed by atoms with Crippen LogP contribution in [0.3, 0.4) is 0 Å². The van der Waals surface area contributed by atoms with Crippen molar-refractivity contribution in [3.63, 3.8) is 0 Å². The maximum absolute atomic E-state index is 5.58. The average molecular weight is 426 g/mol. The van der Waals surface area contributed by atoms with Crippen LogP contribution in [0.5, 0.6) is 0 Å². The van der Waals surface area contributed by atoms with Crippen LogP contribution in [0.1, 0.15) is 30.0 Å². The maximum Gasteiger partial charge on any atom is 0.0469 e. The molecule has 0 amide bonds. The van der Waals surface area contributed by atoms with E-state index in [1.165, 1.54) is 28.4 Å². The first-order valence-corrected chi connectivity index (χ1v) is 8.83. The molecule has 2 aliphatic heterocycles. The molecule has 0 unspecified atom stereocenters. The molecule has 0 aliphatic carbocycles. The van der Waals surface area contributed by atoms with Crippen LogP contribution in [0.15, 0.2) is 22.7 Å². The normalized spacial score (nSPS) is 21.1. The van der Waals surface area contributed by atoms with Gasteiger partial charge in [-0.05, 0) is 42.9 Å². The smallest absolute Gasteiger partial charge is 0.0469 e. The summed E-state index contributed by atoms with van der Waals surface area (Å²) in [5, 5.41) is 3.47. The number of benzene rings is 1. The summed E-state index contributed by atoms with van der Waals surface area (Å²) < 4.78 is 6.84. The van der Waals surface area contributed by atoms with Crippen LogP contribution < -0.4 is 5.32 Å². The van der Waals surface area contributed by atoms with Gasteiger partial charge in [-0.1, -0.05) is 28.1 Å². The summed E-state index contributed by atoms with van der Waals surface area (Å²) in [6.45, 7) is 8.47. The molecule has 2 heterocycles. The van der Waals surface area contributed by atoms with Crippen molar-refractivity contribution < 1.29 is 4.74 Å². The number of rotatable bonds is 3. The lowest BCUT2D eigenvalue weighted by atomic mass is 9.85. The molecule has 1 aromatic rings. The second-order valence-corrected chi connectivity index (χ2v) is 7.06. The van der Waals surface area contributed by atoms with Crippen LogP contribution in [0, 0.1) is 12.8 Å². The van der Waals surface area contributed by atoms with E-state index < -0.39 is 0 Å². The summed E-state index contributed by atoms with van der Waals surface area (Å²) in [7, 11) is 0. The molecule has 1 atom stereocenters. The summed E-state index contributed by atoms with van der Waals surface area (Å²) >= 11 is 3.81. The molecule has 0 aromatic heterocycles. The van der Waals surface area contributed by atoms with Gasteiger partial charge < -0.3 is 10.1 Å². The number of ether oxygens (including phenoxy) is 1. The summed E-state index contributed by atoms with van der Waals surface area (Å²) in [5.41, 5.74) is 2.77. The van der Waals surface area contributed by atoms with Gasteiger partial charge in [-0.2, -0.15) is 0 Å². The molecule has 3 nitrogen and oxygen atoms in total. The Balaban J connectivity index is 0.00000132. The maximum atomic E-state index is 5.58. The van der Waals surface area contributed by atoms with Gasteiger partial charge in [-0.25, -0.2) is 0 Å². The minimum absolute atomic E-state index is 0. The topological polar surface area (TPSA) is 24.5 Å². The van der Waals surface area contributed by atoms with Crippen LogP contribution >= 0.6 is 40.7 Å². The van der Waals surface area contributed by atoms with Gasteiger partial charge in [0.1, 0.15) is 0 Å². The van der Waals surface area contributed by atoms with Crippen LogP contribution in [-0.2, 0) is 4.74 Å². The van der Waals surface area contributed by atoms with E-state index in [0.29, 0.717) is 12.0 Å². The van der Waals surface area contributed by atoms with Crippen LogP contribution in [0.25, 0.3) is 0 Å². The molecule has 1 aromatic carbocycles. The Bertz CT molecular complexity index is 460. The van der Waals surface area contributed by atoms with Crippen LogP contribution in [-0.4, -0.2) is 44.3 Å². The van der Waals surface area contributed by atoms with Crippen molar-refractivity contribution in [2.24, 2.45) is 5.92 Å². The SMILES string of the molecule is Cc1ccc([C@H](C2CCOCC2)N2CCNCC2)c(Br)c1.Cl.Cl. The number of hydrogen-bond acceptors (Lipinski definition) is 3. The number of halogens is 3. The van der Waals surface area contributed by atoms with Crippen molar-refractivity contribution >= 4 is 40.7 Å². The summed E-state index contributed by atoms with van der Waals surface area (Å²) in [6, 6.07) is 7.34. The zero-order valence-electron chi connectivity index (χ0n) is 13.6. The van der Waals surface area contributed by atoms with Gasteiger partial charge in [0.2, 0.25) is 0 Å². The van der Waals surface area contributed by atoms with Gasteiger partial charge in [0.15, 0.2) is 0 Å². The third-order valence-electron chi connectivity index (χ3n) is 4.73. The third kappa shape index (κ3) is 5.32. The lowest BCUT2D eigenvalue weighted by Gasteiger charge is -2.41. The monoisotopic (exact) mass is 424 g/mol. The van der Waals surface area contributed by atoms with Crippen LogP contribution in [0.4, 0.5) is 0 Å². The molecule has 3 rings (SSSR count). The highest BCUT2D eigenvalue weighted by Gasteiger charge is 2.32. The summed E-state index contributed by atoms with van der Waals surface area (Å²) in [6.07, 6.45) is 2.35. The van der Waals surface area contributed by atoms with Gasteiger partial charge in [0.25, 0.3) is 0 Å². The quantitative estimate of drug-likeness (QED) is 0.792. The largest absolute Gasteiger partial charge is 0.381 e. The zero-order valence-corrected chi connectivity index (χ0v) is 16.8. The summed E-state index contributed by atoms with van der Waals surface area (Å²) in [4.78, 5) is 2.67. The van der Waals surface area contributed by atoms with Gasteiger partial charge in [-0.3, -0.25) is 4.90 Å². The van der Waals surface area contributed by atoms with Crippen molar-refractivity contribution in [2.75, 3.05) is 39.4 Å². The third-order valence-corrected chi connectivity index (χ3v) is 5.42. The van der Waals surface area contributed by atoms with E-state index in [-0.39, 0.29) is 24.8 Å². The minimum Gasteiger partial charge on any atom is -0.381 e. The molecule has 132 valence electrons. The summed E-state index contributed by atoms with van der Waals surface area (Å²) in [5.74, 6) is 0.704. The first-order chi connectivity index (χ1) is 10.3. The van der Waals surface area contributed by atoms with Gasteiger partial charge in [0.05, 0.1) is 0 Å². The molecule has 0 radical (unpaired) electrons. The molecule has 2 aliphatic rings. The second-order valence-electron chi connectivity index (χ2n) is 6.21. The highest BCUT2D eigenvalue weighted by molar-refractivity contribution is 9.10. The van der Waals surface area contributed by atoms with E-state index >= 15 is 0 Å². The fraction of sp³-hybridized carbons (Fsp3) is 0.647. The molecule has 2 saturated heterocycles. The van der Waals surface area contributed by atoms with Crippen molar-refractivity contribution in [3.8, 4) is 0 Å². The predicted octanol–water partition coefficient (Wildman–Crippen LogP) is 3.97. The number of piperazine rings is 1. The first-order valence-electron chi connectivity index (χ1n) is 8.04. The Hall–Kier alpha value is 0.160. The number of hydrogen-bond donors (Lipinski definition) is 1. The highest BCUT2D eigenvalue weighted by Crippen LogP contribution is 2.38. The first kappa shape index (κ1) is 21.2. The van der Waals surface area contributed by atoms with Gasteiger partial charge in [0, 0.05) is 49.9 Å². The van der Waals surface area contributed by atoms with Crippen molar-refractivity contribution in [1.29, 1.82) is 0 Å². The lowest BCUT2D eigenvalue weighted by Crippen LogP contribution is -2.47. The molecule has 23 heavy (non-hydrogen) atoms. The molecule has 6 heteroatoms. The Morgan fingerprint density at radius 1 is 1.17 bits per heavy atom. The van der Waals surface area contributed by atoms with E-state index in [9.17, 15) is 0 Å². The fourth-order valence-corrected chi connectivity index (χ4v) is 4.34. The number of aryl methyl sites for hydroxylation is 1. The predicted molar refractivity (Wildman–Crippen MR) is 104 cm³/mol. The molecule has 0 saturated carbocycles. The Labute approximate surface area is 160 Å². The van der Waals surface area contributed by atoms with Gasteiger partial charge >= 0.3 is 0 Å². The van der Waals surface area contributed by atoms with Crippen LogP contribution in [0.2, 0.25) is 0 Å². The minimum atomic E-state index is 0. The molecule has 1 N–H and O–H groups in total. The molecule has 2 fully saturated rings. The highest BCUT2D eigenvalue weighted by atomic mass is 79.9. The van der Waals surface area contributed by atoms with E-state index in [1.807, 2.05) is 0 Å². The lowest BCUT2D eigenvalue weighted by molar-refractivity contribution is 0.0211. The molecular weight excluding hydrogens is 399 g/mol. The van der Waals surface area contributed by atoms with Gasteiger partial charge in [-0.15, -0.1) is 24.8 Å². The molecular formula is C17H27BrCl2N2O. The molecule has 0 bridgehead atoms. The van der Waals surface area contributed by atoms with E-state index in [1.54, 1.807) is 0 Å². The van der Waals surface area contributed by atoms with Crippen molar-refractivity contribution in [2.45, 2.75) is 25.8 Å². The van der Waals surface area contributed by atoms with E-state index in [4.69, 9.17) is 4.74 Å². The Morgan fingerprint density at radius 2 is 1.83 bits per heavy atom. The standard InChI is InChI=1S/C17H25BrN2O.2ClH/c1-13-2-3-15(16(18)12-13)17(14-4-10-21-11-5-14)20-8-6-19-7-9-20;;/h2-3,12,14,17,19H,4-11H2,1H3;2*1H/t17-;;/m0../s1. The van der Waals surface area contributed by atoms with E-state index in [0.717, 1.165) is 39.4 Å². The number of nitrogens with one attached hydrogen (secondary N) is 1. The average Bonchev–Trinajstić information content (AvgIpc) is 2.52. The fourth-order valence-electron chi connectivity index (χ4n) is 3.61. The number of nitrogens with zero attached hydrogens (tertiary/aromatic N) is 1. The molecule has 0 spiro atoms. The van der Waals surface area contributed by atoms with Crippen molar-refractivity contribution in [1.82, 2.24) is 10.2 Å². The Morgan fingerprint density at radius 3 is 2.43 bits per heavy atom. The Kier molecular flexibility index (Phi) is 9.42.